The number of amides is 1. The Morgan fingerprint density at radius 1 is 1.42 bits per heavy atom. The van der Waals surface area contributed by atoms with Crippen LogP contribution in [0.3, 0.4) is 0 Å². The number of hydrogen-bond acceptors (Lipinski definition) is 6. The second kappa shape index (κ2) is 6.14. The molecule has 0 aliphatic heterocycles. The van der Waals surface area contributed by atoms with Crippen LogP contribution in [0.1, 0.15) is 5.56 Å². The average molecular weight is 275 g/mol. The summed E-state index contributed by atoms with van der Waals surface area (Å²) in [7, 11) is 0. The lowest BCUT2D eigenvalue weighted by molar-refractivity contribution is -0.113. The summed E-state index contributed by atoms with van der Waals surface area (Å²) in [6.45, 7) is 1.97. The van der Waals surface area contributed by atoms with Crippen molar-refractivity contribution in [3.63, 3.8) is 0 Å². The minimum Gasteiger partial charge on any atom is -0.368 e. The maximum absolute atomic E-state index is 11.7. The number of nitrogens with zero attached hydrogens (tertiary/aromatic N) is 3. The lowest BCUT2D eigenvalue weighted by atomic mass is 10.2. The lowest BCUT2D eigenvalue weighted by Crippen LogP contribution is -2.14. The third kappa shape index (κ3) is 4.22. The van der Waals surface area contributed by atoms with Crippen LogP contribution in [0.5, 0.6) is 0 Å². The zero-order valence-electron chi connectivity index (χ0n) is 10.3. The van der Waals surface area contributed by atoms with Crippen LogP contribution >= 0.6 is 11.8 Å². The summed E-state index contributed by atoms with van der Waals surface area (Å²) in [5.74, 6) is 0.253. The van der Waals surface area contributed by atoms with Crippen molar-refractivity contribution in [3.8, 4) is 0 Å². The fourth-order valence-electron chi connectivity index (χ4n) is 1.41. The second-order valence-corrected chi connectivity index (χ2v) is 4.78. The number of hydrogen-bond donors (Lipinski definition) is 2. The largest absolute Gasteiger partial charge is 0.368 e. The number of thioether (sulfide) groups is 1. The van der Waals surface area contributed by atoms with Crippen molar-refractivity contribution >= 4 is 29.3 Å². The number of anilines is 2. The van der Waals surface area contributed by atoms with Crippen LogP contribution in [0, 0.1) is 6.92 Å². The zero-order chi connectivity index (χ0) is 13.7. The van der Waals surface area contributed by atoms with Crippen molar-refractivity contribution in [2.24, 2.45) is 0 Å². The van der Waals surface area contributed by atoms with Gasteiger partial charge in [0.25, 0.3) is 0 Å². The van der Waals surface area contributed by atoms with Crippen LogP contribution in [0.25, 0.3) is 0 Å². The molecule has 2 aromatic rings. The van der Waals surface area contributed by atoms with Gasteiger partial charge in [-0.3, -0.25) is 4.79 Å². The summed E-state index contributed by atoms with van der Waals surface area (Å²) in [6.07, 6.45) is 1.32. The molecule has 3 N–H and O–H groups in total. The molecule has 0 aliphatic rings. The number of nitrogens with one attached hydrogen (secondary N) is 1. The van der Waals surface area contributed by atoms with E-state index in [-0.39, 0.29) is 17.6 Å². The maximum atomic E-state index is 11.7. The molecule has 6 nitrogen and oxygen atoms in total. The number of nitrogens with two attached hydrogens (primary N) is 1. The Morgan fingerprint density at radius 3 is 3.00 bits per heavy atom. The molecule has 1 amide bonds. The lowest BCUT2D eigenvalue weighted by Gasteiger charge is -2.05. The molecule has 0 spiro atoms. The molecule has 7 heteroatoms. The van der Waals surface area contributed by atoms with Gasteiger partial charge in [0.1, 0.15) is 6.33 Å². The Kier molecular flexibility index (Phi) is 4.30. The molecular weight excluding hydrogens is 262 g/mol. The van der Waals surface area contributed by atoms with Gasteiger partial charge in [0, 0.05) is 5.69 Å². The molecule has 0 unspecified atom stereocenters. The fourth-order valence-corrected chi connectivity index (χ4v) is 2.02. The number of rotatable bonds is 4. The smallest absolute Gasteiger partial charge is 0.234 e. The summed E-state index contributed by atoms with van der Waals surface area (Å²) in [5, 5.41) is 3.24. The molecule has 2 rings (SSSR count). The van der Waals surface area contributed by atoms with Crippen molar-refractivity contribution in [1.29, 1.82) is 0 Å². The van der Waals surface area contributed by atoms with E-state index < -0.39 is 0 Å². The monoisotopic (exact) mass is 275 g/mol. The summed E-state index contributed by atoms with van der Waals surface area (Å²) in [5.41, 5.74) is 7.30. The van der Waals surface area contributed by atoms with E-state index in [2.05, 4.69) is 20.3 Å². The van der Waals surface area contributed by atoms with Gasteiger partial charge in [-0.05, 0) is 24.6 Å². The number of carbonyl (C=O) groups excluding carboxylic acids is 1. The van der Waals surface area contributed by atoms with Crippen molar-refractivity contribution in [2.75, 3.05) is 16.8 Å². The van der Waals surface area contributed by atoms with Gasteiger partial charge in [-0.25, -0.2) is 9.97 Å². The molecule has 1 aromatic heterocycles. The Labute approximate surface area is 114 Å². The van der Waals surface area contributed by atoms with Gasteiger partial charge in [0.2, 0.25) is 11.9 Å². The van der Waals surface area contributed by atoms with Crippen molar-refractivity contribution in [3.05, 3.63) is 36.2 Å². The zero-order valence-corrected chi connectivity index (χ0v) is 11.1. The van der Waals surface area contributed by atoms with Crippen LogP contribution in [0.2, 0.25) is 0 Å². The van der Waals surface area contributed by atoms with E-state index in [0.29, 0.717) is 5.16 Å². The molecule has 0 saturated carbocycles. The minimum atomic E-state index is -0.116. The van der Waals surface area contributed by atoms with Gasteiger partial charge >= 0.3 is 0 Å². The van der Waals surface area contributed by atoms with Crippen LogP contribution in [0.4, 0.5) is 11.6 Å². The van der Waals surface area contributed by atoms with E-state index >= 15 is 0 Å². The number of aromatic nitrogens is 3. The van der Waals surface area contributed by atoms with Gasteiger partial charge in [-0.2, -0.15) is 4.98 Å². The second-order valence-electron chi connectivity index (χ2n) is 3.83. The molecule has 0 aliphatic carbocycles. The molecule has 0 radical (unpaired) electrons. The molecule has 0 fully saturated rings. The van der Waals surface area contributed by atoms with Gasteiger partial charge in [0.15, 0.2) is 5.16 Å². The SMILES string of the molecule is Cc1cccc(NC(=O)CSc2ncnc(N)n2)c1. The Balaban J connectivity index is 1.88. The predicted octanol–water partition coefficient (Wildman–Crippen LogP) is 1.49. The van der Waals surface area contributed by atoms with E-state index in [1.807, 2.05) is 31.2 Å². The van der Waals surface area contributed by atoms with Crippen LogP contribution in [-0.4, -0.2) is 26.6 Å². The highest BCUT2D eigenvalue weighted by Crippen LogP contribution is 2.14. The molecule has 0 atom stereocenters. The van der Waals surface area contributed by atoms with E-state index in [1.54, 1.807) is 0 Å². The maximum Gasteiger partial charge on any atom is 0.234 e. The number of carbonyl (C=O) groups is 1. The van der Waals surface area contributed by atoms with E-state index in [1.165, 1.54) is 18.1 Å². The van der Waals surface area contributed by atoms with E-state index in [4.69, 9.17) is 5.73 Å². The highest BCUT2D eigenvalue weighted by atomic mass is 32.2. The highest BCUT2D eigenvalue weighted by molar-refractivity contribution is 7.99. The number of nitrogen functional groups attached to an aromatic ring is 1. The van der Waals surface area contributed by atoms with Gasteiger partial charge in [-0.1, -0.05) is 23.9 Å². The normalized spacial score (nSPS) is 10.2. The number of benzene rings is 1. The van der Waals surface area contributed by atoms with E-state index in [0.717, 1.165) is 11.3 Å². The average Bonchev–Trinajstić information content (AvgIpc) is 2.36. The summed E-state index contributed by atoms with van der Waals surface area (Å²) in [4.78, 5) is 23.3. The molecule has 1 heterocycles. The molecule has 19 heavy (non-hydrogen) atoms. The van der Waals surface area contributed by atoms with Crippen molar-refractivity contribution < 1.29 is 4.79 Å². The topological polar surface area (TPSA) is 93.8 Å². The first kappa shape index (κ1) is 13.3. The minimum absolute atomic E-state index is 0.116. The first-order chi connectivity index (χ1) is 9.13. The standard InChI is InChI=1S/C12H13N5OS/c1-8-3-2-4-9(5-8)16-10(18)6-19-12-15-7-14-11(13)17-12/h2-5,7H,6H2,1H3,(H,16,18)(H2,13,14,15,17). The van der Waals surface area contributed by atoms with Crippen LogP contribution < -0.4 is 11.1 Å². The molecule has 1 aromatic carbocycles. The quantitative estimate of drug-likeness (QED) is 0.821. The van der Waals surface area contributed by atoms with Gasteiger partial charge < -0.3 is 11.1 Å². The third-order valence-electron chi connectivity index (χ3n) is 2.20. The molecular formula is C12H13N5OS. The molecule has 0 saturated heterocycles. The Hall–Kier alpha value is -2.15. The third-order valence-corrected chi connectivity index (χ3v) is 3.06. The fraction of sp³-hybridized carbons (Fsp3) is 0.167. The number of aryl methyl sites for hydroxylation is 1. The Bertz CT molecular complexity index is 590. The summed E-state index contributed by atoms with van der Waals surface area (Å²) >= 11 is 1.21. The van der Waals surface area contributed by atoms with Gasteiger partial charge in [0.05, 0.1) is 5.75 Å². The van der Waals surface area contributed by atoms with Crippen molar-refractivity contribution in [1.82, 2.24) is 15.0 Å². The Morgan fingerprint density at radius 2 is 2.26 bits per heavy atom. The predicted molar refractivity (Wildman–Crippen MR) is 74.8 cm³/mol. The van der Waals surface area contributed by atoms with Gasteiger partial charge in [-0.15, -0.1) is 0 Å². The first-order valence-electron chi connectivity index (χ1n) is 5.57. The van der Waals surface area contributed by atoms with Crippen LogP contribution in [-0.2, 0) is 4.79 Å². The summed E-state index contributed by atoms with van der Waals surface area (Å²) in [6, 6.07) is 7.61. The summed E-state index contributed by atoms with van der Waals surface area (Å²) < 4.78 is 0. The van der Waals surface area contributed by atoms with E-state index in [9.17, 15) is 4.79 Å². The molecule has 98 valence electrons. The first-order valence-corrected chi connectivity index (χ1v) is 6.56. The van der Waals surface area contributed by atoms with Crippen molar-refractivity contribution in [2.45, 2.75) is 12.1 Å². The van der Waals surface area contributed by atoms with Crippen LogP contribution in [0.15, 0.2) is 35.7 Å². The highest BCUT2D eigenvalue weighted by Gasteiger charge is 2.06. The molecule has 0 bridgehead atoms.